The smallest absolute Gasteiger partial charge is 0.408 e. The molecule has 21 heavy (non-hydrogen) atoms. The number of rotatable bonds is 4. The van der Waals surface area contributed by atoms with Gasteiger partial charge in [-0.2, -0.15) is 0 Å². The van der Waals surface area contributed by atoms with E-state index < -0.39 is 11.8 Å². The number of carbonyl (C=O) groups is 2. The van der Waals surface area contributed by atoms with Crippen LogP contribution in [0.15, 0.2) is 24.3 Å². The number of nitrogens with one attached hydrogen (secondary N) is 1. The van der Waals surface area contributed by atoms with Crippen LogP contribution in [0.25, 0.3) is 0 Å². The number of likely N-dealkylation sites (N-methyl/N-ethyl adjacent to an activating group) is 1. The van der Waals surface area contributed by atoms with Gasteiger partial charge in [0.2, 0.25) is 0 Å². The van der Waals surface area contributed by atoms with E-state index in [0.717, 1.165) is 17.5 Å². The summed E-state index contributed by atoms with van der Waals surface area (Å²) in [6.45, 7) is 3.43. The quantitative estimate of drug-likeness (QED) is 0.818. The van der Waals surface area contributed by atoms with Crippen molar-refractivity contribution < 1.29 is 14.7 Å². The van der Waals surface area contributed by atoms with E-state index in [2.05, 4.69) is 16.3 Å². The number of carbonyl (C=O) groups excluding carboxylic acids is 1. The van der Waals surface area contributed by atoms with E-state index in [1.807, 2.05) is 25.1 Å². The summed E-state index contributed by atoms with van der Waals surface area (Å²) in [6.07, 6.45) is -0.111. The molecule has 2 N–H and O–H groups in total. The Morgan fingerprint density at radius 3 is 2.81 bits per heavy atom. The van der Waals surface area contributed by atoms with E-state index in [0.29, 0.717) is 19.6 Å². The number of hydrogen-bond acceptors (Lipinski definition) is 4. The summed E-state index contributed by atoms with van der Waals surface area (Å²) < 4.78 is 0. The summed E-state index contributed by atoms with van der Waals surface area (Å²) in [7, 11) is 1.69. The van der Waals surface area contributed by atoms with E-state index in [1.165, 1.54) is 4.90 Å². The monoisotopic (exact) mass is 291 g/mol. The summed E-state index contributed by atoms with van der Waals surface area (Å²) in [5.74, 6) is 0. The van der Waals surface area contributed by atoms with Gasteiger partial charge < -0.3 is 14.8 Å². The molecule has 6 heteroatoms. The minimum absolute atomic E-state index is 0.123. The molecular formula is C15H21N3O3. The fraction of sp³-hybridized carbons (Fsp3) is 0.467. The molecule has 1 atom stereocenters. The van der Waals surface area contributed by atoms with Crippen molar-refractivity contribution in [3.63, 3.8) is 0 Å². The Bertz CT molecular complexity index is 535. The fourth-order valence-electron chi connectivity index (χ4n) is 2.87. The third-order valence-corrected chi connectivity index (χ3v) is 4.05. The maximum Gasteiger partial charge on any atom is 0.408 e. The highest BCUT2D eigenvalue weighted by Crippen LogP contribution is 2.26. The molecule has 1 heterocycles. The Morgan fingerprint density at radius 1 is 1.48 bits per heavy atom. The molecule has 0 bridgehead atoms. The fourth-order valence-corrected chi connectivity index (χ4v) is 2.87. The Hall–Kier alpha value is -2.08. The summed E-state index contributed by atoms with van der Waals surface area (Å²) in [4.78, 5) is 25.9. The van der Waals surface area contributed by atoms with E-state index >= 15 is 0 Å². The van der Waals surface area contributed by atoms with Crippen LogP contribution in [-0.2, 0) is 4.79 Å². The van der Waals surface area contributed by atoms with E-state index in [1.54, 1.807) is 7.05 Å². The zero-order valence-corrected chi connectivity index (χ0v) is 12.4. The van der Waals surface area contributed by atoms with Crippen LogP contribution in [0.1, 0.15) is 12.0 Å². The van der Waals surface area contributed by atoms with Gasteiger partial charge in [-0.05, 0) is 31.7 Å². The van der Waals surface area contributed by atoms with Gasteiger partial charge in [-0.15, -0.1) is 0 Å². The van der Waals surface area contributed by atoms with Crippen molar-refractivity contribution in [1.82, 2.24) is 10.2 Å². The molecule has 1 fully saturated rings. The number of hydrogen-bond donors (Lipinski definition) is 2. The van der Waals surface area contributed by atoms with Crippen LogP contribution in [0, 0.1) is 6.92 Å². The van der Waals surface area contributed by atoms with Gasteiger partial charge in [-0.1, -0.05) is 12.1 Å². The molecule has 1 aromatic rings. The Balaban J connectivity index is 2.30. The zero-order chi connectivity index (χ0) is 15.5. The van der Waals surface area contributed by atoms with Crippen molar-refractivity contribution in [3.8, 4) is 0 Å². The first-order chi connectivity index (χ1) is 10.0. The summed E-state index contributed by atoms with van der Waals surface area (Å²) in [6, 6.07) is 8.07. The minimum atomic E-state index is -1.00. The van der Waals surface area contributed by atoms with Gasteiger partial charge in [-0.3, -0.25) is 10.2 Å². The first-order valence-corrected chi connectivity index (χ1v) is 6.97. The van der Waals surface area contributed by atoms with E-state index in [9.17, 15) is 14.7 Å². The molecule has 0 radical (unpaired) electrons. The van der Waals surface area contributed by atoms with Gasteiger partial charge >= 0.3 is 6.09 Å². The van der Waals surface area contributed by atoms with Crippen molar-refractivity contribution in [2.75, 3.05) is 31.6 Å². The minimum Gasteiger partial charge on any atom is -0.465 e. The number of piperazine rings is 1. The molecule has 6 nitrogen and oxygen atoms in total. The Kier molecular flexibility index (Phi) is 4.47. The van der Waals surface area contributed by atoms with Crippen LogP contribution in [0.2, 0.25) is 0 Å². The lowest BCUT2D eigenvalue weighted by molar-refractivity contribution is -0.110. The van der Waals surface area contributed by atoms with Gasteiger partial charge in [0.15, 0.2) is 0 Å². The Labute approximate surface area is 124 Å². The summed E-state index contributed by atoms with van der Waals surface area (Å²) in [5, 5.41) is 12.4. The molecule has 1 saturated heterocycles. The predicted molar refractivity (Wildman–Crippen MR) is 80.6 cm³/mol. The molecule has 0 saturated carbocycles. The van der Waals surface area contributed by atoms with Gasteiger partial charge in [0.05, 0.1) is 6.54 Å². The average Bonchev–Trinajstić information content (AvgIpc) is 2.47. The maximum absolute atomic E-state index is 11.5. The zero-order valence-electron chi connectivity index (χ0n) is 12.4. The van der Waals surface area contributed by atoms with Gasteiger partial charge in [0.1, 0.15) is 11.9 Å². The molecule has 1 aromatic carbocycles. The molecule has 0 aliphatic carbocycles. The van der Waals surface area contributed by atoms with Crippen molar-refractivity contribution in [3.05, 3.63) is 29.8 Å². The van der Waals surface area contributed by atoms with Gasteiger partial charge in [0, 0.05) is 25.2 Å². The largest absolute Gasteiger partial charge is 0.465 e. The molecule has 0 aromatic heterocycles. The van der Waals surface area contributed by atoms with Crippen molar-refractivity contribution in [1.29, 1.82) is 0 Å². The molecule has 114 valence electrons. The SMILES string of the molecule is CNC1(CC=O)CN(c2cccc(C)c2)CCN1C(=O)O. The molecule has 1 aliphatic rings. The van der Waals surface area contributed by atoms with Crippen molar-refractivity contribution in [2.24, 2.45) is 0 Å². The van der Waals surface area contributed by atoms with Crippen LogP contribution >= 0.6 is 0 Å². The molecular weight excluding hydrogens is 270 g/mol. The second kappa shape index (κ2) is 6.13. The van der Waals surface area contributed by atoms with Gasteiger partial charge in [0.25, 0.3) is 0 Å². The molecule has 1 aliphatic heterocycles. The summed E-state index contributed by atoms with van der Waals surface area (Å²) >= 11 is 0. The van der Waals surface area contributed by atoms with E-state index in [-0.39, 0.29) is 6.42 Å². The molecule has 1 unspecified atom stereocenters. The molecule has 0 spiro atoms. The lowest BCUT2D eigenvalue weighted by Crippen LogP contribution is -2.69. The van der Waals surface area contributed by atoms with E-state index in [4.69, 9.17) is 0 Å². The maximum atomic E-state index is 11.5. The highest BCUT2D eigenvalue weighted by Gasteiger charge is 2.43. The number of carboxylic acid groups (broad SMARTS) is 1. The molecule has 2 rings (SSSR count). The predicted octanol–water partition coefficient (Wildman–Crippen LogP) is 1.30. The van der Waals surface area contributed by atoms with Gasteiger partial charge in [-0.25, -0.2) is 4.79 Å². The van der Waals surface area contributed by atoms with Crippen LogP contribution < -0.4 is 10.2 Å². The number of anilines is 1. The van der Waals surface area contributed by atoms with Crippen LogP contribution in [0.4, 0.5) is 10.5 Å². The second-order valence-corrected chi connectivity index (χ2v) is 5.35. The number of aldehydes is 1. The number of benzene rings is 1. The first kappa shape index (κ1) is 15.3. The lowest BCUT2D eigenvalue weighted by Gasteiger charge is -2.49. The van der Waals surface area contributed by atoms with Crippen molar-refractivity contribution in [2.45, 2.75) is 19.0 Å². The third-order valence-electron chi connectivity index (χ3n) is 4.05. The third kappa shape index (κ3) is 3.00. The summed E-state index contributed by atoms with van der Waals surface area (Å²) in [5.41, 5.74) is 1.32. The lowest BCUT2D eigenvalue weighted by atomic mass is 10.00. The first-order valence-electron chi connectivity index (χ1n) is 6.97. The van der Waals surface area contributed by atoms with Crippen LogP contribution in [-0.4, -0.2) is 54.7 Å². The normalized spacial score (nSPS) is 22.2. The highest BCUT2D eigenvalue weighted by molar-refractivity contribution is 5.68. The second-order valence-electron chi connectivity index (χ2n) is 5.35. The van der Waals surface area contributed by atoms with Crippen molar-refractivity contribution >= 4 is 18.1 Å². The van der Waals surface area contributed by atoms with Crippen LogP contribution in [0.3, 0.4) is 0 Å². The highest BCUT2D eigenvalue weighted by atomic mass is 16.4. The molecule has 1 amide bonds. The average molecular weight is 291 g/mol. The Morgan fingerprint density at radius 2 is 2.24 bits per heavy atom. The number of amides is 1. The number of aryl methyl sites for hydroxylation is 1. The topological polar surface area (TPSA) is 72.9 Å². The number of nitrogens with zero attached hydrogens (tertiary/aromatic N) is 2. The van der Waals surface area contributed by atoms with Crippen LogP contribution in [0.5, 0.6) is 0 Å². The standard InChI is InChI=1S/C15H21N3O3/c1-12-4-3-5-13(10-12)17-7-8-18(14(20)21)15(11-17,16-2)6-9-19/h3-5,9-10,16H,6-8,11H2,1-2H3,(H,20,21).